The molecule has 3 heteroatoms. The van der Waals surface area contributed by atoms with Crippen LogP contribution < -0.4 is 0 Å². The van der Waals surface area contributed by atoms with Crippen LogP contribution in [-0.4, -0.2) is 29.2 Å². The second kappa shape index (κ2) is 6.00. The Morgan fingerprint density at radius 2 is 2.08 bits per heavy atom. The zero-order chi connectivity index (χ0) is 9.52. The van der Waals surface area contributed by atoms with Crippen LogP contribution in [0.3, 0.4) is 0 Å². The van der Waals surface area contributed by atoms with Crippen LogP contribution in [-0.2, 0) is 6.54 Å². The first kappa shape index (κ1) is 10.5. The molecular formula is C10H16N2S. The summed E-state index contributed by atoms with van der Waals surface area (Å²) in [6.45, 7) is 2.10. The summed E-state index contributed by atoms with van der Waals surface area (Å²) in [5, 5.41) is 0. The van der Waals surface area contributed by atoms with Gasteiger partial charge in [0.25, 0.3) is 0 Å². The van der Waals surface area contributed by atoms with Crippen molar-refractivity contribution in [1.82, 2.24) is 9.88 Å². The van der Waals surface area contributed by atoms with E-state index in [1.54, 1.807) is 0 Å². The molecule has 0 atom stereocenters. The maximum absolute atomic E-state index is 4.18. The summed E-state index contributed by atoms with van der Waals surface area (Å²) >= 11 is 4.18. The maximum atomic E-state index is 4.18. The van der Waals surface area contributed by atoms with Crippen LogP contribution in [0.1, 0.15) is 12.0 Å². The molecular weight excluding hydrogens is 180 g/mol. The quantitative estimate of drug-likeness (QED) is 0.723. The van der Waals surface area contributed by atoms with E-state index in [9.17, 15) is 0 Å². The first-order valence-corrected chi connectivity index (χ1v) is 5.14. The van der Waals surface area contributed by atoms with E-state index in [2.05, 4.69) is 41.7 Å². The van der Waals surface area contributed by atoms with Crippen LogP contribution in [0.15, 0.2) is 24.5 Å². The summed E-state index contributed by atoms with van der Waals surface area (Å²) in [4.78, 5) is 6.28. The normalized spacial score (nSPS) is 10.7. The second-order valence-electron chi connectivity index (χ2n) is 3.17. The Balaban J connectivity index is 2.32. The van der Waals surface area contributed by atoms with Gasteiger partial charge >= 0.3 is 0 Å². The highest BCUT2D eigenvalue weighted by atomic mass is 32.1. The predicted octanol–water partition coefficient (Wildman–Crippen LogP) is 1.83. The average molecular weight is 196 g/mol. The van der Waals surface area contributed by atoms with Gasteiger partial charge in [-0.1, -0.05) is 0 Å². The third-order valence-corrected chi connectivity index (χ3v) is 2.22. The highest BCUT2D eigenvalue weighted by molar-refractivity contribution is 7.80. The molecule has 0 aliphatic heterocycles. The number of thiol groups is 1. The fraction of sp³-hybridized carbons (Fsp3) is 0.500. The molecule has 1 aromatic heterocycles. The first-order valence-electron chi connectivity index (χ1n) is 4.51. The fourth-order valence-electron chi connectivity index (χ4n) is 1.22. The number of nitrogens with zero attached hydrogens (tertiary/aromatic N) is 2. The molecule has 0 spiro atoms. The molecule has 0 amide bonds. The Labute approximate surface area is 85.4 Å². The lowest BCUT2D eigenvalue weighted by molar-refractivity contribution is 0.328. The van der Waals surface area contributed by atoms with E-state index in [1.807, 2.05) is 12.4 Å². The van der Waals surface area contributed by atoms with E-state index < -0.39 is 0 Å². The van der Waals surface area contributed by atoms with E-state index in [0.717, 1.165) is 25.3 Å². The number of hydrogen-bond donors (Lipinski definition) is 1. The molecule has 0 aliphatic carbocycles. The summed E-state index contributed by atoms with van der Waals surface area (Å²) in [5.74, 6) is 0.959. The first-order chi connectivity index (χ1) is 6.33. The van der Waals surface area contributed by atoms with Crippen LogP contribution in [0.5, 0.6) is 0 Å². The number of pyridine rings is 1. The predicted molar refractivity (Wildman–Crippen MR) is 59.0 cm³/mol. The fourth-order valence-corrected chi connectivity index (χ4v) is 1.36. The van der Waals surface area contributed by atoms with Crippen molar-refractivity contribution >= 4 is 12.6 Å². The molecule has 0 fully saturated rings. The number of hydrogen-bond acceptors (Lipinski definition) is 3. The molecule has 1 aromatic rings. The van der Waals surface area contributed by atoms with Gasteiger partial charge in [0.05, 0.1) is 0 Å². The van der Waals surface area contributed by atoms with Gasteiger partial charge in [0.2, 0.25) is 0 Å². The molecule has 0 N–H and O–H groups in total. The molecule has 0 bridgehead atoms. The topological polar surface area (TPSA) is 16.1 Å². The molecule has 0 aromatic carbocycles. The van der Waals surface area contributed by atoms with Gasteiger partial charge in [0.15, 0.2) is 0 Å². The zero-order valence-corrected chi connectivity index (χ0v) is 8.87. The van der Waals surface area contributed by atoms with Crippen molar-refractivity contribution in [2.24, 2.45) is 0 Å². The lowest BCUT2D eigenvalue weighted by atomic mass is 10.2. The van der Waals surface area contributed by atoms with Gasteiger partial charge in [-0.15, -0.1) is 0 Å². The minimum absolute atomic E-state index is 0.959. The van der Waals surface area contributed by atoms with Gasteiger partial charge in [-0.3, -0.25) is 4.98 Å². The van der Waals surface area contributed by atoms with Crippen molar-refractivity contribution in [3.63, 3.8) is 0 Å². The molecule has 2 nitrogen and oxygen atoms in total. The van der Waals surface area contributed by atoms with Crippen LogP contribution in [0.4, 0.5) is 0 Å². The standard InChI is InChI=1S/C10H16N2S/c1-12(7-2-8-13)9-10-3-5-11-6-4-10/h3-6,13H,2,7-9H2,1H3. The average Bonchev–Trinajstić information content (AvgIpc) is 2.16. The monoisotopic (exact) mass is 196 g/mol. The lowest BCUT2D eigenvalue weighted by Gasteiger charge is -2.15. The van der Waals surface area contributed by atoms with Crippen molar-refractivity contribution in [2.75, 3.05) is 19.3 Å². The van der Waals surface area contributed by atoms with Gasteiger partial charge < -0.3 is 4.90 Å². The SMILES string of the molecule is CN(CCCS)Cc1ccncc1. The molecule has 0 unspecified atom stereocenters. The highest BCUT2D eigenvalue weighted by Gasteiger charge is 1.98. The summed E-state index contributed by atoms with van der Waals surface area (Å²) in [6.07, 6.45) is 4.81. The Morgan fingerprint density at radius 3 is 2.69 bits per heavy atom. The smallest absolute Gasteiger partial charge is 0.0271 e. The third kappa shape index (κ3) is 4.29. The molecule has 0 aliphatic rings. The van der Waals surface area contributed by atoms with Gasteiger partial charge in [-0.25, -0.2) is 0 Å². The van der Waals surface area contributed by atoms with E-state index in [1.165, 1.54) is 5.56 Å². The van der Waals surface area contributed by atoms with E-state index in [4.69, 9.17) is 0 Å². The van der Waals surface area contributed by atoms with Crippen LogP contribution in [0.2, 0.25) is 0 Å². The van der Waals surface area contributed by atoms with Crippen molar-refractivity contribution < 1.29 is 0 Å². The van der Waals surface area contributed by atoms with E-state index in [-0.39, 0.29) is 0 Å². The Kier molecular flexibility index (Phi) is 4.86. The van der Waals surface area contributed by atoms with E-state index in [0.29, 0.717) is 0 Å². The molecule has 0 saturated carbocycles. The molecule has 1 rings (SSSR count). The van der Waals surface area contributed by atoms with Crippen LogP contribution >= 0.6 is 12.6 Å². The minimum atomic E-state index is 0.959. The highest BCUT2D eigenvalue weighted by Crippen LogP contribution is 2.01. The largest absolute Gasteiger partial charge is 0.302 e. The minimum Gasteiger partial charge on any atom is -0.302 e. The summed E-state index contributed by atoms with van der Waals surface area (Å²) in [7, 11) is 2.13. The summed E-state index contributed by atoms with van der Waals surface area (Å²) < 4.78 is 0. The Bertz CT molecular complexity index is 226. The summed E-state index contributed by atoms with van der Waals surface area (Å²) in [6, 6.07) is 4.11. The lowest BCUT2D eigenvalue weighted by Crippen LogP contribution is -2.19. The van der Waals surface area contributed by atoms with Gasteiger partial charge in [-0.2, -0.15) is 12.6 Å². The van der Waals surface area contributed by atoms with Gasteiger partial charge in [0, 0.05) is 18.9 Å². The van der Waals surface area contributed by atoms with Crippen LogP contribution in [0, 0.1) is 0 Å². The van der Waals surface area contributed by atoms with Gasteiger partial charge in [0.1, 0.15) is 0 Å². The molecule has 72 valence electrons. The van der Waals surface area contributed by atoms with E-state index >= 15 is 0 Å². The number of aromatic nitrogens is 1. The van der Waals surface area contributed by atoms with Gasteiger partial charge in [-0.05, 0) is 43.5 Å². The maximum Gasteiger partial charge on any atom is 0.0271 e. The third-order valence-electron chi connectivity index (χ3n) is 1.90. The van der Waals surface area contributed by atoms with Crippen molar-refractivity contribution in [1.29, 1.82) is 0 Å². The van der Waals surface area contributed by atoms with Crippen molar-refractivity contribution in [3.05, 3.63) is 30.1 Å². The Hall–Kier alpha value is -0.540. The molecule has 13 heavy (non-hydrogen) atoms. The zero-order valence-electron chi connectivity index (χ0n) is 7.98. The Morgan fingerprint density at radius 1 is 1.38 bits per heavy atom. The van der Waals surface area contributed by atoms with Crippen molar-refractivity contribution in [3.8, 4) is 0 Å². The van der Waals surface area contributed by atoms with Crippen molar-refractivity contribution in [2.45, 2.75) is 13.0 Å². The second-order valence-corrected chi connectivity index (χ2v) is 3.62. The molecule has 0 radical (unpaired) electrons. The molecule has 1 heterocycles. The molecule has 0 saturated heterocycles. The summed E-state index contributed by atoms with van der Waals surface area (Å²) in [5.41, 5.74) is 1.32. The number of rotatable bonds is 5. The van der Waals surface area contributed by atoms with Crippen LogP contribution in [0.25, 0.3) is 0 Å².